The molecule has 1 aromatic heterocycles. The van der Waals surface area contributed by atoms with E-state index >= 15 is 0 Å². The molecule has 0 spiro atoms. The second-order valence-electron chi connectivity index (χ2n) is 8.05. The molecule has 0 radical (unpaired) electrons. The molecule has 1 N–H and O–H groups in total. The molecule has 0 saturated heterocycles. The van der Waals surface area contributed by atoms with Crippen LogP contribution in [0.5, 0.6) is 0 Å². The van der Waals surface area contributed by atoms with Gasteiger partial charge in [-0.15, -0.1) is 0 Å². The van der Waals surface area contributed by atoms with Crippen molar-refractivity contribution in [1.29, 1.82) is 0 Å². The van der Waals surface area contributed by atoms with E-state index in [4.69, 9.17) is 11.6 Å². The molecule has 0 unspecified atom stereocenters. The first-order valence-corrected chi connectivity index (χ1v) is 11.4. The number of benzene rings is 2. The molecule has 0 aliphatic carbocycles. The van der Waals surface area contributed by atoms with Crippen LogP contribution in [-0.2, 0) is 12.3 Å². The van der Waals surface area contributed by atoms with Gasteiger partial charge in [0.15, 0.2) is 5.16 Å². The summed E-state index contributed by atoms with van der Waals surface area (Å²) in [5.74, 6) is -0.178. The zero-order valence-electron chi connectivity index (χ0n) is 17.9. The summed E-state index contributed by atoms with van der Waals surface area (Å²) in [6, 6.07) is 9.43. The van der Waals surface area contributed by atoms with Gasteiger partial charge in [0, 0.05) is 34.5 Å². The Bertz CT molecular complexity index is 1160. The minimum Gasteiger partial charge on any atom is -0.350 e. The third kappa shape index (κ3) is 5.46. The number of aromatic nitrogens is 2. The number of hydrogen-bond donors (Lipinski definition) is 1. The third-order valence-electron chi connectivity index (χ3n) is 4.56. The van der Waals surface area contributed by atoms with Crippen LogP contribution < -0.4 is 10.9 Å². The number of rotatable bonds is 7. The van der Waals surface area contributed by atoms with Gasteiger partial charge in [0.25, 0.3) is 11.5 Å². The van der Waals surface area contributed by atoms with E-state index in [-0.39, 0.29) is 29.2 Å². The Morgan fingerprint density at radius 3 is 2.61 bits per heavy atom. The average Bonchev–Trinajstić information content (AvgIpc) is 2.69. The van der Waals surface area contributed by atoms with Gasteiger partial charge in [-0.25, -0.2) is 9.37 Å². The molecule has 0 saturated carbocycles. The number of amides is 1. The molecule has 0 aliphatic heterocycles. The third-order valence-corrected chi connectivity index (χ3v) is 5.91. The van der Waals surface area contributed by atoms with E-state index in [1.807, 2.05) is 27.7 Å². The van der Waals surface area contributed by atoms with Crippen LogP contribution >= 0.6 is 23.4 Å². The smallest absolute Gasteiger partial charge is 0.262 e. The van der Waals surface area contributed by atoms with Crippen LogP contribution in [0.2, 0.25) is 5.02 Å². The number of fused-ring (bicyclic) bond motifs is 1. The molecule has 8 heteroatoms. The number of halogens is 2. The van der Waals surface area contributed by atoms with Gasteiger partial charge in [-0.2, -0.15) is 0 Å². The van der Waals surface area contributed by atoms with Crippen LogP contribution in [0.4, 0.5) is 4.39 Å². The van der Waals surface area contributed by atoms with Gasteiger partial charge in [0.2, 0.25) is 0 Å². The van der Waals surface area contributed by atoms with Crippen LogP contribution in [0, 0.1) is 11.7 Å². The predicted octanol–water partition coefficient (Wildman–Crippen LogP) is 5.28. The molecular weight excluding hydrogens is 437 g/mol. The number of nitrogens with one attached hydrogen (secondary N) is 1. The molecule has 2 aromatic carbocycles. The quantitative estimate of drug-likeness (QED) is 0.384. The minimum absolute atomic E-state index is 0.00756. The molecule has 1 heterocycles. The summed E-state index contributed by atoms with van der Waals surface area (Å²) < 4.78 is 15.8. The molecule has 3 rings (SSSR count). The number of nitrogens with zero attached hydrogens (tertiary/aromatic N) is 2. The first-order valence-electron chi connectivity index (χ1n) is 10.1. The van der Waals surface area contributed by atoms with Gasteiger partial charge in [-0.05, 0) is 50.1 Å². The lowest BCUT2D eigenvalue weighted by Gasteiger charge is -2.16. The Kier molecular flexibility index (Phi) is 7.38. The van der Waals surface area contributed by atoms with Gasteiger partial charge in [-0.3, -0.25) is 14.2 Å². The van der Waals surface area contributed by atoms with E-state index in [9.17, 15) is 14.0 Å². The fourth-order valence-corrected chi connectivity index (χ4v) is 4.48. The SMILES string of the molecule is CC(C)Cn1c(SCc2c(F)cccc2Cl)nc2cc(C(=O)NC(C)C)ccc2c1=O. The molecular formula is C23H25ClFN3O2S. The van der Waals surface area contributed by atoms with E-state index in [1.54, 1.807) is 34.9 Å². The van der Waals surface area contributed by atoms with E-state index in [0.717, 1.165) is 0 Å². The van der Waals surface area contributed by atoms with E-state index in [1.165, 1.54) is 17.8 Å². The van der Waals surface area contributed by atoms with Crippen molar-refractivity contribution in [3.63, 3.8) is 0 Å². The lowest BCUT2D eigenvalue weighted by molar-refractivity contribution is 0.0943. The Balaban J connectivity index is 2.06. The molecule has 0 fully saturated rings. The van der Waals surface area contributed by atoms with Crippen LogP contribution in [0.1, 0.15) is 43.6 Å². The minimum atomic E-state index is -0.397. The van der Waals surface area contributed by atoms with Gasteiger partial charge in [0.1, 0.15) is 5.82 Å². The van der Waals surface area contributed by atoms with Crippen LogP contribution in [0.3, 0.4) is 0 Å². The normalized spacial score (nSPS) is 11.5. The largest absolute Gasteiger partial charge is 0.350 e. The first-order chi connectivity index (χ1) is 14.7. The fourth-order valence-electron chi connectivity index (χ4n) is 3.13. The van der Waals surface area contributed by atoms with E-state index in [2.05, 4.69) is 10.3 Å². The maximum Gasteiger partial charge on any atom is 0.262 e. The number of thioether (sulfide) groups is 1. The second-order valence-corrected chi connectivity index (χ2v) is 9.40. The van der Waals surface area contributed by atoms with E-state index in [0.29, 0.717) is 38.8 Å². The molecule has 0 atom stereocenters. The van der Waals surface area contributed by atoms with Crippen molar-refractivity contribution < 1.29 is 9.18 Å². The van der Waals surface area contributed by atoms with Crippen molar-refractivity contribution in [2.75, 3.05) is 0 Å². The zero-order valence-corrected chi connectivity index (χ0v) is 19.5. The summed E-state index contributed by atoms with van der Waals surface area (Å²) in [4.78, 5) is 30.2. The van der Waals surface area contributed by atoms with Gasteiger partial charge in [0.05, 0.1) is 10.9 Å². The molecule has 0 bridgehead atoms. The van der Waals surface area contributed by atoms with Crippen LogP contribution in [0.15, 0.2) is 46.3 Å². The van der Waals surface area contributed by atoms with Crippen molar-refractivity contribution >= 4 is 40.2 Å². The molecule has 3 aromatic rings. The fraction of sp³-hybridized carbons (Fsp3) is 0.348. The molecule has 1 amide bonds. The Morgan fingerprint density at radius 2 is 1.97 bits per heavy atom. The van der Waals surface area contributed by atoms with Gasteiger partial charge >= 0.3 is 0 Å². The lowest BCUT2D eigenvalue weighted by Crippen LogP contribution is -2.30. The van der Waals surface area contributed by atoms with Crippen molar-refractivity contribution in [2.24, 2.45) is 5.92 Å². The predicted molar refractivity (Wildman–Crippen MR) is 124 cm³/mol. The first kappa shape index (κ1) is 23.3. The number of carbonyl (C=O) groups is 1. The summed E-state index contributed by atoms with van der Waals surface area (Å²) in [6.07, 6.45) is 0. The maximum atomic E-state index is 14.2. The molecule has 0 aliphatic rings. The summed E-state index contributed by atoms with van der Waals surface area (Å²) in [5, 5.41) is 4.07. The van der Waals surface area contributed by atoms with Crippen molar-refractivity contribution in [3.05, 3.63) is 68.7 Å². The highest BCUT2D eigenvalue weighted by atomic mass is 35.5. The number of hydrogen-bond acceptors (Lipinski definition) is 4. The summed E-state index contributed by atoms with van der Waals surface area (Å²) in [6.45, 7) is 8.26. The van der Waals surface area contributed by atoms with Crippen LogP contribution in [0.25, 0.3) is 10.9 Å². The maximum absolute atomic E-state index is 14.2. The Labute approximate surface area is 190 Å². The van der Waals surface area contributed by atoms with Gasteiger partial charge in [-0.1, -0.05) is 43.3 Å². The Morgan fingerprint density at radius 1 is 1.23 bits per heavy atom. The van der Waals surface area contributed by atoms with Gasteiger partial charge < -0.3 is 5.32 Å². The standard InChI is InChI=1S/C23H25ClFN3O2S/c1-13(2)11-28-22(30)16-9-8-15(21(29)26-14(3)4)10-20(16)27-23(28)31-12-17-18(24)6-5-7-19(17)25/h5-10,13-14H,11-12H2,1-4H3,(H,26,29). The second kappa shape index (κ2) is 9.83. The highest BCUT2D eigenvalue weighted by Gasteiger charge is 2.17. The average molecular weight is 462 g/mol. The monoisotopic (exact) mass is 461 g/mol. The molecule has 164 valence electrons. The van der Waals surface area contributed by atoms with Crippen molar-refractivity contribution in [2.45, 2.75) is 51.2 Å². The Hall–Kier alpha value is -2.38. The molecule has 5 nitrogen and oxygen atoms in total. The summed E-state index contributed by atoms with van der Waals surface area (Å²) in [5.41, 5.74) is 1.05. The topological polar surface area (TPSA) is 64.0 Å². The number of carbonyl (C=O) groups excluding carboxylic acids is 1. The summed E-state index contributed by atoms with van der Waals surface area (Å²) >= 11 is 7.41. The van der Waals surface area contributed by atoms with Crippen molar-refractivity contribution in [1.82, 2.24) is 14.9 Å². The lowest BCUT2D eigenvalue weighted by atomic mass is 10.1. The van der Waals surface area contributed by atoms with Crippen molar-refractivity contribution in [3.8, 4) is 0 Å². The summed E-state index contributed by atoms with van der Waals surface area (Å²) in [7, 11) is 0. The molecule has 31 heavy (non-hydrogen) atoms. The van der Waals surface area contributed by atoms with Crippen LogP contribution in [-0.4, -0.2) is 21.5 Å². The van der Waals surface area contributed by atoms with E-state index < -0.39 is 5.82 Å². The highest BCUT2D eigenvalue weighted by Crippen LogP contribution is 2.28. The zero-order chi connectivity index (χ0) is 22.7. The highest BCUT2D eigenvalue weighted by molar-refractivity contribution is 7.98.